The molecule has 6 saturated carbocycles. The van der Waals surface area contributed by atoms with E-state index in [1.807, 2.05) is 127 Å². The van der Waals surface area contributed by atoms with Gasteiger partial charge in [-0.25, -0.2) is 15.0 Å². The number of pyridine rings is 3. The fourth-order valence-corrected chi connectivity index (χ4v) is 16.1. The summed E-state index contributed by atoms with van der Waals surface area (Å²) in [6, 6.07) is 53.8. The lowest BCUT2D eigenvalue weighted by Gasteiger charge is -2.55. The number of fused-ring (bicyclic) bond motifs is 3. The van der Waals surface area contributed by atoms with E-state index in [0.717, 1.165) is 173 Å². The summed E-state index contributed by atoms with van der Waals surface area (Å²) in [4.78, 5) is 112. The Hall–Kier alpha value is -12.0. The van der Waals surface area contributed by atoms with Crippen LogP contribution in [0.25, 0.3) is 67.3 Å². The number of carbonyl (C=O) groups is 6. The molecule has 6 aromatic heterocycles. The number of hydrogen-bond acceptors (Lipinski definition) is 12. The van der Waals surface area contributed by atoms with Crippen molar-refractivity contribution in [3.63, 3.8) is 0 Å². The van der Waals surface area contributed by atoms with E-state index < -0.39 is 0 Å². The van der Waals surface area contributed by atoms with Gasteiger partial charge >= 0.3 is 0 Å². The highest BCUT2D eigenvalue weighted by molar-refractivity contribution is 6.06. The van der Waals surface area contributed by atoms with E-state index in [4.69, 9.17) is 4.98 Å². The van der Waals surface area contributed by atoms with Gasteiger partial charge in [0.05, 0.1) is 38.5 Å². The fourth-order valence-electron chi connectivity index (χ4n) is 16.1. The predicted molar refractivity (Wildman–Crippen MR) is 410 cm³/mol. The quantitative estimate of drug-likeness (QED) is 0.0433. The molecule has 6 aromatic carbocycles. The minimum absolute atomic E-state index is 0.116. The summed E-state index contributed by atoms with van der Waals surface area (Å²) in [5.74, 6) is 4.42. The maximum Gasteiger partial charge on any atom is 0.274 e. The Morgan fingerprint density at radius 2 is 0.705 bits per heavy atom. The summed E-state index contributed by atoms with van der Waals surface area (Å²) >= 11 is 0. The molecule has 0 spiro atoms. The molecule has 0 saturated heterocycles. The third kappa shape index (κ3) is 16.6. The number of aromatic nitrogens is 9. The molecule has 6 fully saturated rings. The van der Waals surface area contributed by atoms with Crippen molar-refractivity contribution in [1.82, 2.24) is 44.9 Å². The lowest BCUT2D eigenvalue weighted by molar-refractivity contribution is -0.140. The Balaban J connectivity index is 0.000000127. The van der Waals surface area contributed by atoms with Gasteiger partial charge in [-0.2, -0.15) is 0 Å². The second-order valence-electron chi connectivity index (χ2n) is 28.7. The van der Waals surface area contributed by atoms with Crippen molar-refractivity contribution < 1.29 is 28.8 Å². The van der Waals surface area contributed by atoms with Crippen molar-refractivity contribution in [2.24, 2.45) is 35.0 Å². The number of nitrogens with one attached hydrogen (secondary N) is 9. The number of nitrogens with zero attached hydrogens (tertiary/aromatic N) is 6. The van der Waals surface area contributed by atoms with Crippen LogP contribution in [0.4, 0.5) is 34.1 Å². The van der Waals surface area contributed by atoms with Gasteiger partial charge in [-0.05, 0) is 246 Å². The zero-order valence-corrected chi connectivity index (χ0v) is 58.3. The monoisotopic (exact) mass is 1400 g/mol. The molecule has 0 aliphatic heterocycles. The van der Waals surface area contributed by atoms with E-state index in [-0.39, 0.29) is 52.7 Å². The fraction of sp³-hybridized carbons (Fsp3) is 0.286. The highest BCUT2D eigenvalue weighted by Crippen LogP contribution is 2.60. The van der Waals surface area contributed by atoms with E-state index in [9.17, 15) is 28.8 Å². The summed E-state index contributed by atoms with van der Waals surface area (Å²) in [7, 11) is 0. The van der Waals surface area contributed by atoms with Crippen molar-refractivity contribution in [2.75, 3.05) is 31.9 Å². The average Bonchev–Trinajstić information content (AvgIpc) is 1.73. The summed E-state index contributed by atoms with van der Waals surface area (Å²) in [5.41, 5.74) is 13.2. The van der Waals surface area contributed by atoms with Gasteiger partial charge < -0.3 is 46.9 Å². The lowest BCUT2D eigenvalue weighted by atomic mass is 9.49. The molecule has 0 atom stereocenters. The number of imidazole rings is 3. The van der Waals surface area contributed by atoms with E-state index >= 15 is 0 Å². The van der Waals surface area contributed by atoms with E-state index in [1.54, 1.807) is 73.3 Å². The Morgan fingerprint density at radius 3 is 1.07 bits per heavy atom. The first-order chi connectivity index (χ1) is 51.3. The number of anilines is 6. The summed E-state index contributed by atoms with van der Waals surface area (Å²) in [6.07, 6.45) is 26.9. The average molecular weight is 1400 g/mol. The molecule has 6 aliphatic rings. The number of aromatic amines is 3. The van der Waals surface area contributed by atoms with Crippen LogP contribution < -0.4 is 31.9 Å². The molecular formula is C84H83N15O6. The molecule has 21 nitrogen and oxygen atoms in total. The zero-order valence-electron chi connectivity index (χ0n) is 58.3. The van der Waals surface area contributed by atoms with Crippen LogP contribution in [0.1, 0.15) is 147 Å². The van der Waals surface area contributed by atoms with Crippen LogP contribution in [0.5, 0.6) is 0 Å². The maximum atomic E-state index is 13.4. The topological polar surface area (TPSA) is 299 Å². The predicted octanol–water partition coefficient (Wildman–Crippen LogP) is 17.6. The van der Waals surface area contributed by atoms with Crippen LogP contribution in [0.3, 0.4) is 0 Å². The number of H-pyrrole nitrogens is 3. The van der Waals surface area contributed by atoms with E-state index in [2.05, 4.69) is 71.8 Å². The molecule has 105 heavy (non-hydrogen) atoms. The first kappa shape index (κ1) is 68.8. The van der Waals surface area contributed by atoms with Crippen LogP contribution in [0, 0.1) is 35.0 Å². The summed E-state index contributed by atoms with van der Waals surface area (Å²) in [5, 5.41) is 18.0. The van der Waals surface area contributed by atoms with Gasteiger partial charge in [0.2, 0.25) is 17.7 Å². The number of amides is 6. The highest BCUT2D eigenvalue weighted by Gasteiger charge is 2.54. The van der Waals surface area contributed by atoms with Gasteiger partial charge in [-0.15, -0.1) is 0 Å². The number of benzene rings is 6. The zero-order chi connectivity index (χ0) is 71.6. The highest BCUT2D eigenvalue weighted by atomic mass is 16.2. The van der Waals surface area contributed by atoms with Crippen LogP contribution in [-0.2, 0) is 14.4 Å². The smallest absolute Gasteiger partial charge is 0.274 e. The second kappa shape index (κ2) is 31.3. The van der Waals surface area contributed by atoms with Crippen LogP contribution in [0.2, 0.25) is 0 Å². The van der Waals surface area contributed by atoms with Crippen molar-refractivity contribution in [3.05, 3.63) is 218 Å². The SMILES string of the molecule is O=C(Nc1ccc2nc(-c3ccc(NC(=O)C45CC6CC(CC(C6)C4)C5)cc3)[nH]c2c1)c1ccncc1.O=C(Nc1ccc2nc(-c3ccc(NC(=O)C4CCCCCC4)cc3)[nH]c2c1)c1ccccn1.O=C(Nc1ccc2nc(-c3ccc(NC(=O)C4CCCCCC4)cc3)[nH]c2c1)c1ccccn1. The Morgan fingerprint density at radius 1 is 0.352 bits per heavy atom. The number of carbonyl (C=O) groups excluding carboxylic acids is 6. The third-order valence-electron chi connectivity index (χ3n) is 21.2. The minimum Gasteiger partial charge on any atom is -0.338 e. The number of rotatable bonds is 15. The van der Waals surface area contributed by atoms with Gasteiger partial charge in [0.15, 0.2) is 0 Å². The van der Waals surface area contributed by atoms with Crippen molar-refractivity contribution in [1.29, 1.82) is 0 Å². The van der Waals surface area contributed by atoms with Crippen molar-refractivity contribution in [2.45, 2.75) is 116 Å². The molecule has 4 bridgehead atoms. The number of hydrogen-bond donors (Lipinski definition) is 9. The van der Waals surface area contributed by atoms with Gasteiger partial charge in [-0.1, -0.05) is 63.5 Å². The molecule has 0 radical (unpaired) electrons. The molecule has 12 aromatic rings. The summed E-state index contributed by atoms with van der Waals surface area (Å²) < 4.78 is 0. The largest absolute Gasteiger partial charge is 0.338 e. The molecule has 6 amide bonds. The normalized spacial score (nSPS) is 18.5. The first-order valence-corrected chi connectivity index (χ1v) is 36.7. The molecular weight excluding hydrogens is 1320 g/mol. The standard InChI is InChI=1S/C30H29N5O2.2C27H27N5O2/c36-28(22-7-9-31-10-8-22)32-24-5-6-25-26(14-24)35-27(34-25)21-1-3-23(4-2-21)33-29(37)30-15-18-11-19(16-30)13-20(12-18)17-30;2*33-26(19-7-3-1-2-4-8-19)29-20-12-10-18(11-13-20)25-31-22-15-14-21(17-24(22)32-25)30-27(34)23-9-5-6-16-28-23/h1-10,14,18-20H,11-13,15-17H2,(H,32,36)(H,33,37)(H,34,35);2*5-6,9-17,19H,1-4,7-8H2,(H,29,33)(H,30,34)(H,31,32). The van der Waals surface area contributed by atoms with Gasteiger partial charge in [0.25, 0.3) is 17.7 Å². The third-order valence-corrected chi connectivity index (χ3v) is 21.2. The molecule has 530 valence electrons. The van der Waals surface area contributed by atoms with Crippen molar-refractivity contribution in [3.8, 4) is 34.2 Å². The van der Waals surface area contributed by atoms with E-state index in [0.29, 0.717) is 34.0 Å². The summed E-state index contributed by atoms with van der Waals surface area (Å²) in [6.45, 7) is 0. The van der Waals surface area contributed by atoms with Gasteiger partial charge in [0.1, 0.15) is 28.9 Å². The van der Waals surface area contributed by atoms with Crippen LogP contribution in [0.15, 0.2) is 201 Å². The molecule has 6 heterocycles. The Labute approximate surface area is 607 Å². The second-order valence-corrected chi connectivity index (χ2v) is 28.7. The molecule has 21 heteroatoms. The Bertz CT molecular complexity index is 4840. The first-order valence-electron chi connectivity index (χ1n) is 36.7. The van der Waals surface area contributed by atoms with Gasteiger partial charge in [0, 0.05) is 93.0 Å². The maximum absolute atomic E-state index is 13.4. The molecule has 6 aliphatic carbocycles. The molecule has 9 N–H and O–H groups in total. The minimum atomic E-state index is -0.263. The molecule has 0 unspecified atom stereocenters. The van der Waals surface area contributed by atoms with Crippen molar-refractivity contribution >= 4 is 103 Å². The molecule has 18 rings (SSSR count). The van der Waals surface area contributed by atoms with E-state index in [1.165, 1.54) is 44.9 Å². The van der Waals surface area contributed by atoms with Crippen LogP contribution in [-0.4, -0.2) is 80.3 Å². The van der Waals surface area contributed by atoms with Gasteiger partial charge in [-0.3, -0.25) is 43.7 Å². The lowest BCUT2D eigenvalue weighted by Crippen LogP contribution is -2.51. The van der Waals surface area contributed by atoms with Crippen LogP contribution >= 0.6 is 0 Å². The Kier molecular flexibility index (Phi) is 20.5.